The summed E-state index contributed by atoms with van der Waals surface area (Å²) in [6.07, 6.45) is 3.14. The van der Waals surface area contributed by atoms with E-state index in [4.69, 9.17) is 23.2 Å². The molecule has 1 rings (SSSR count). The van der Waals surface area contributed by atoms with Crippen LogP contribution in [0.5, 0.6) is 0 Å². The summed E-state index contributed by atoms with van der Waals surface area (Å²) in [6.45, 7) is 0. The molecule has 0 saturated carbocycles. The van der Waals surface area contributed by atoms with Gasteiger partial charge in [-0.15, -0.1) is 11.6 Å². The Morgan fingerprint density at radius 2 is 2.14 bits per heavy atom. The molecule has 14 heavy (non-hydrogen) atoms. The third kappa shape index (κ3) is 2.83. The molecule has 0 aliphatic carbocycles. The minimum Gasteiger partial charge on any atom is -0.263 e. The Labute approximate surface area is 93.0 Å². The van der Waals surface area contributed by atoms with E-state index >= 15 is 0 Å². The molecule has 78 valence electrons. The van der Waals surface area contributed by atoms with Crippen molar-refractivity contribution in [2.24, 2.45) is 0 Å². The number of sulfone groups is 1. The van der Waals surface area contributed by atoms with E-state index in [-0.39, 0.29) is 15.7 Å². The largest absolute Gasteiger partial charge is 0.263 e. The number of hydrogen-bond acceptors (Lipinski definition) is 3. The molecule has 0 fully saturated rings. The predicted molar refractivity (Wildman–Crippen MR) is 56.6 cm³/mol. The average Bonchev–Trinajstić information content (AvgIpc) is 2.15. The number of hydrogen-bond donors (Lipinski definition) is 0. The van der Waals surface area contributed by atoms with E-state index in [1.807, 2.05) is 0 Å². The lowest BCUT2D eigenvalue weighted by Gasteiger charge is -2.03. The van der Waals surface area contributed by atoms with Crippen molar-refractivity contribution >= 4 is 33.0 Å². The topological polar surface area (TPSA) is 47.0 Å². The molecule has 0 bridgehead atoms. The zero-order chi connectivity index (χ0) is 10.6. The van der Waals surface area contributed by atoms with Crippen molar-refractivity contribution < 1.29 is 8.42 Å². The van der Waals surface area contributed by atoms with Crippen molar-refractivity contribution in [3.05, 3.63) is 23.5 Å². The monoisotopic (exact) mass is 253 g/mol. The van der Waals surface area contributed by atoms with Crippen LogP contribution in [0.3, 0.4) is 0 Å². The summed E-state index contributed by atoms with van der Waals surface area (Å²) in [5.74, 6) is 0.335. The van der Waals surface area contributed by atoms with Crippen molar-refractivity contribution in [3.63, 3.8) is 0 Å². The van der Waals surface area contributed by atoms with Gasteiger partial charge in [-0.05, 0) is 12.5 Å². The van der Waals surface area contributed by atoms with Crippen LogP contribution in [0.15, 0.2) is 23.4 Å². The second kappa shape index (κ2) is 4.96. The summed E-state index contributed by atoms with van der Waals surface area (Å²) in [5.41, 5.74) is 0. The fourth-order valence-corrected chi connectivity index (χ4v) is 3.10. The van der Waals surface area contributed by atoms with E-state index in [1.54, 1.807) is 0 Å². The Balaban J connectivity index is 2.99. The van der Waals surface area contributed by atoms with E-state index in [0.29, 0.717) is 12.3 Å². The van der Waals surface area contributed by atoms with Gasteiger partial charge in [-0.2, -0.15) is 0 Å². The quantitative estimate of drug-likeness (QED) is 0.773. The summed E-state index contributed by atoms with van der Waals surface area (Å²) < 4.78 is 23.3. The van der Waals surface area contributed by atoms with Gasteiger partial charge in [0.2, 0.25) is 0 Å². The van der Waals surface area contributed by atoms with Gasteiger partial charge in [0.1, 0.15) is 0 Å². The number of alkyl halides is 1. The summed E-state index contributed by atoms with van der Waals surface area (Å²) in [4.78, 5) is 3.84. The van der Waals surface area contributed by atoms with Crippen LogP contribution in [0.2, 0.25) is 5.02 Å². The standard InChI is InChI=1S/C8H9Cl2NO2S/c9-3-1-5-14(12,13)8-2-4-11-6-7(8)10/h2,4,6H,1,3,5H2. The lowest BCUT2D eigenvalue weighted by atomic mass is 10.5. The molecule has 0 atom stereocenters. The maximum Gasteiger partial charge on any atom is 0.180 e. The normalized spacial score (nSPS) is 11.6. The lowest BCUT2D eigenvalue weighted by molar-refractivity contribution is 0.594. The third-order valence-corrected chi connectivity index (χ3v) is 4.15. The lowest BCUT2D eigenvalue weighted by Crippen LogP contribution is -2.08. The molecule has 0 unspecified atom stereocenters. The van der Waals surface area contributed by atoms with Gasteiger partial charge < -0.3 is 0 Å². The third-order valence-electron chi connectivity index (χ3n) is 1.62. The first-order chi connectivity index (χ1) is 6.58. The Morgan fingerprint density at radius 3 is 2.71 bits per heavy atom. The van der Waals surface area contributed by atoms with Crippen molar-refractivity contribution in [2.45, 2.75) is 11.3 Å². The predicted octanol–water partition coefficient (Wildman–Crippen LogP) is 2.14. The summed E-state index contributed by atoms with van der Waals surface area (Å²) in [7, 11) is -3.31. The van der Waals surface area contributed by atoms with Crippen LogP contribution < -0.4 is 0 Å². The zero-order valence-corrected chi connectivity index (χ0v) is 9.61. The van der Waals surface area contributed by atoms with Crippen LogP contribution in [0.4, 0.5) is 0 Å². The first-order valence-electron chi connectivity index (χ1n) is 3.96. The maximum absolute atomic E-state index is 11.6. The number of rotatable bonds is 4. The van der Waals surface area contributed by atoms with Crippen LogP contribution in [0.1, 0.15) is 6.42 Å². The van der Waals surface area contributed by atoms with E-state index in [1.165, 1.54) is 18.5 Å². The SMILES string of the molecule is O=S(=O)(CCCCl)c1ccncc1Cl. The van der Waals surface area contributed by atoms with Gasteiger partial charge in [0.15, 0.2) is 9.84 Å². The molecular weight excluding hydrogens is 245 g/mol. The molecule has 0 radical (unpaired) electrons. The molecule has 0 aliphatic heterocycles. The average molecular weight is 254 g/mol. The van der Waals surface area contributed by atoms with Crippen LogP contribution in [-0.4, -0.2) is 25.0 Å². The zero-order valence-electron chi connectivity index (χ0n) is 7.28. The van der Waals surface area contributed by atoms with Gasteiger partial charge in [-0.1, -0.05) is 11.6 Å². The molecule has 1 aromatic heterocycles. The van der Waals surface area contributed by atoms with Gasteiger partial charge in [0.05, 0.1) is 15.7 Å². The molecule has 0 spiro atoms. The van der Waals surface area contributed by atoms with E-state index in [9.17, 15) is 8.42 Å². The number of nitrogens with zero attached hydrogens (tertiary/aromatic N) is 1. The van der Waals surface area contributed by atoms with Crippen molar-refractivity contribution in [1.82, 2.24) is 4.98 Å². The molecular formula is C8H9Cl2NO2S. The van der Waals surface area contributed by atoms with Crippen LogP contribution in [0, 0.1) is 0 Å². The molecule has 0 amide bonds. The first-order valence-corrected chi connectivity index (χ1v) is 6.52. The van der Waals surface area contributed by atoms with Gasteiger partial charge in [-0.3, -0.25) is 4.98 Å². The smallest absolute Gasteiger partial charge is 0.180 e. The summed E-state index contributed by atoms with van der Waals surface area (Å²) in [6, 6.07) is 1.39. The highest BCUT2D eigenvalue weighted by atomic mass is 35.5. The Kier molecular flexibility index (Phi) is 4.16. The molecule has 1 aromatic rings. The van der Waals surface area contributed by atoms with E-state index < -0.39 is 9.84 Å². The van der Waals surface area contributed by atoms with Crippen molar-refractivity contribution in [3.8, 4) is 0 Å². The molecule has 1 heterocycles. The highest BCUT2D eigenvalue weighted by Crippen LogP contribution is 2.20. The first kappa shape index (κ1) is 11.8. The van der Waals surface area contributed by atoms with E-state index in [0.717, 1.165) is 0 Å². The van der Waals surface area contributed by atoms with Crippen LogP contribution in [0.25, 0.3) is 0 Å². The summed E-state index contributed by atoms with van der Waals surface area (Å²) in [5, 5.41) is 0.155. The highest BCUT2D eigenvalue weighted by Gasteiger charge is 2.16. The Bertz CT molecular complexity index is 406. The Hall–Kier alpha value is -0.320. The van der Waals surface area contributed by atoms with Crippen molar-refractivity contribution in [2.75, 3.05) is 11.6 Å². The fraction of sp³-hybridized carbons (Fsp3) is 0.375. The Morgan fingerprint density at radius 1 is 1.43 bits per heavy atom. The van der Waals surface area contributed by atoms with Gasteiger partial charge >= 0.3 is 0 Å². The van der Waals surface area contributed by atoms with E-state index in [2.05, 4.69) is 4.98 Å². The molecule has 0 N–H and O–H groups in total. The molecule has 0 aliphatic rings. The second-order valence-corrected chi connectivity index (χ2v) is 5.53. The fourth-order valence-electron chi connectivity index (χ4n) is 0.969. The van der Waals surface area contributed by atoms with Crippen LogP contribution >= 0.6 is 23.2 Å². The number of aromatic nitrogens is 1. The van der Waals surface area contributed by atoms with Crippen LogP contribution in [-0.2, 0) is 9.84 Å². The van der Waals surface area contributed by atoms with Gasteiger partial charge in [0.25, 0.3) is 0 Å². The highest BCUT2D eigenvalue weighted by molar-refractivity contribution is 7.91. The summed E-state index contributed by atoms with van der Waals surface area (Å²) >= 11 is 11.1. The molecule has 0 aromatic carbocycles. The van der Waals surface area contributed by atoms with Crippen molar-refractivity contribution in [1.29, 1.82) is 0 Å². The minimum atomic E-state index is -3.31. The molecule has 3 nitrogen and oxygen atoms in total. The maximum atomic E-state index is 11.6. The molecule has 6 heteroatoms. The second-order valence-electron chi connectivity index (χ2n) is 2.67. The van der Waals surface area contributed by atoms with Gasteiger partial charge in [0, 0.05) is 18.3 Å². The van der Waals surface area contributed by atoms with Gasteiger partial charge in [-0.25, -0.2) is 8.42 Å². The molecule has 0 saturated heterocycles. The number of pyridine rings is 1. The number of halogens is 2. The minimum absolute atomic E-state index is 0.0141.